The van der Waals surface area contributed by atoms with E-state index in [2.05, 4.69) is 17.2 Å². The fourth-order valence-electron chi connectivity index (χ4n) is 2.11. The van der Waals surface area contributed by atoms with E-state index in [-0.39, 0.29) is 11.9 Å². The van der Waals surface area contributed by atoms with E-state index in [1.54, 1.807) is 23.5 Å². The number of thiazole rings is 1. The lowest BCUT2D eigenvalue weighted by atomic mass is 10.0. The Morgan fingerprint density at radius 1 is 1.45 bits per heavy atom. The number of halogens is 2. The summed E-state index contributed by atoms with van der Waals surface area (Å²) in [5.74, 6) is -0.264. The molecule has 1 atom stereocenters. The number of nitrogens with zero attached hydrogens (tertiary/aromatic N) is 1. The summed E-state index contributed by atoms with van der Waals surface area (Å²) in [6, 6.07) is 4.67. The van der Waals surface area contributed by atoms with Crippen molar-refractivity contribution in [3.05, 3.63) is 50.7 Å². The van der Waals surface area contributed by atoms with Gasteiger partial charge in [0.05, 0.1) is 5.01 Å². The van der Waals surface area contributed by atoms with Crippen molar-refractivity contribution in [2.45, 2.75) is 32.7 Å². The Bertz CT molecular complexity index is 551. The fraction of sp³-hybridized carbons (Fsp3) is 0.400. The van der Waals surface area contributed by atoms with Gasteiger partial charge in [-0.05, 0) is 32.0 Å². The van der Waals surface area contributed by atoms with Crippen molar-refractivity contribution in [3.8, 4) is 0 Å². The summed E-state index contributed by atoms with van der Waals surface area (Å²) in [7, 11) is 0. The summed E-state index contributed by atoms with van der Waals surface area (Å²) in [4.78, 5) is 4.46. The Kier molecular flexibility index (Phi) is 5.52. The monoisotopic (exact) mass is 312 g/mol. The maximum Gasteiger partial charge on any atom is 0.129 e. The fourth-order valence-corrected chi connectivity index (χ4v) is 3.22. The standard InChI is InChI=1S/C15H18ClFN2S/c1-3-7-18-13(8-14-19-10(2)9-20-14)15-11(16)5-4-6-12(15)17/h4-6,9,13,18H,3,7-8H2,1-2H3. The van der Waals surface area contributed by atoms with Crippen LogP contribution >= 0.6 is 22.9 Å². The van der Waals surface area contributed by atoms with Crippen LogP contribution in [0.4, 0.5) is 4.39 Å². The van der Waals surface area contributed by atoms with Crippen LogP contribution in [0.15, 0.2) is 23.6 Å². The molecule has 0 amide bonds. The minimum atomic E-state index is -0.264. The molecule has 1 heterocycles. The average molecular weight is 313 g/mol. The quantitative estimate of drug-likeness (QED) is 0.848. The topological polar surface area (TPSA) is 24.9 Å². The van der Waals surface area contributed by atoms with E-state index in [9.17, 15) is 4.39 Å². The third-order valence-corrected chi connectivity index (χ3v) is 4.35. The largest absolute Gasteiger partial charge is 0.309 e. The molecule has 1 aromatic carbocycles. The second-order valence-electron chi connectivity index (χ2n) is 4.73. The lowest BCUT2D eigenvalue weighted by Crippen LogP contribution is -2.25. The van der Waals surface area contributed by atoms with E-state index < -0.39 is 0 Å². The highest BCUT2D eigenvalue weighted by atomic mass is 35.5. The van der Waals surface area contributed by atoms with Crippen molar-refractivity contribution in [2.24, 2.45) is 0 Å². The van der Waals surface area contributed by atoms with Crippen molar-refractivity contribution >= 4 is 22.9 Å². The summed E-state index contributed by atoms with van der Waals surface area (Å²) in [5.41, 5.74) is 1.54. The molecule has 1 N–H and O–H groups in total. The minimum absolute atomic E-state index is 0.144. The molecule has 0 radical (unpaired) electrons. The van der Waals surface area contributed by atoms with E-state index in [0.717, 1.165) is 23.7 Å². The van der Waals surface area contributed by atoms with Gasteiger partial charge in [-0.25, -0.2) is 9.37 Å². The molecule has 0 fully saturated rings. The van der Waals surface area contributed by atoms with Crippen LogP contribution in [0, 0.1) is 12.7 Å². The van der Waals surface area contributed by atoms with Crippen molar-refractivity contribution in [3.63, 3.8) is 0 Å². The number of nitrogens with one attached hydrogen (secondary N) is 1. The molecule has 2 rings (SSSR count). The van der Waals surface area contributed by atoms with Crippen molar-refractivity contribution in [1.82, 2.24) is 10.3 Å². The van der Waals surface area contributed by atoms with Crippen LogP contribution in [0.3, 0.4) is 0 Å². The van der Waals surface area contributed by atoms with Crippen LogP contribution in [0.25, 0.3) is 0 Å². The predicted octanol–water partition coefficient (Wildman–Crippen LogP) is 4.53. The summed E-state index contributed by atoms with van der Waals surface area (Å²) in [6.45, 7) is 4.87. The van der Waals surface area contributed by atoms with Gasteiger partial charge in [-0.15, -0.1) is 11.3 Å². The number of aromatic nitrogens is 1. The van der Waals surface area contributed by atoms with Crippen LogP contribution < -0.4 is 5.32 Å². The highest BCUT2D eigenvalue weighted by Crippen LogP contribution is 2.29. The Morgan fingerprint density at radius 3 is 2.85 bits per heavy atom. The maximum atomic E-state index is 14.1. The normalized spacial score (nSPS) is 12.6. The van der Waals surface area contributed by atoms with Gasteiger partial charge in [0.15, 0.2) is 0 Å². The first kappa shape index (κ1) is 15.4. The lowest BCUT2D eigenvalue weighted by molar-refractivity contribution is 0.496. The Morgan fingerprint density at radius 2 is 2.25 bits per heavy atom. The molecule has 0 aliphatic rings. The summed E-state index contributed by atoms with van der Waals surface area (Å²) < 4.78 is 14.1. The number of rotatable bonds is 6. The Balaban J connectivity index is 2.27. The molecule has 108 valence electrons. The van der Waals surface area contributed by atoms with Gasteiger partial charge >= 0.3 is 0 Å². The number of aryl methyl sites for hydroxylation is 1. The van der Waals surface area contributed by atoms with Gasteiger partial charge in [0.25, 0.3) is 0 Å². The molecule has 0 bridgehead atoms. The van der Waals surface area contributed by atoms with Crippen molar-refractivity contribution in [1.29, 1.82) is 0 Å². The van der Waals surface area contributed by atoms with E-state index in [4.69, 9.17) is 11.6 Å². The second kappa shape index (κ2) is 7.16. The van der Waals surface area contributed by atoms with Gasteiger partial charge in [0.2, 0.25) is 0 Å². The average Bonchev–Trinajstić information content (AvgIpc) is 2.81. The van der Waals surface area contributed by atoms with Gasteiger partial charge in [0, 0.05) is 34.1 Å². The Hall–Kier alpha value is -0.970. The highest BCUT2D eigenvalue weighted by Gasteiger charge is 2.20. The van der Waals surface area contributed by atoms with E-state index in [1.807, 2.05) is 12.3 Å². The van der Waals surface area contributed by atoms with Crippen molar-refractivity contribution < 1.29 is 4.39 Å². The van der Waals surface area contributed by atoms with E-state index >= 15 is 0 Å². The molecule has 20 heavy (non-hydrogen) atoms. The highest BCUT2D eigenvalue weighted by molar-refractivity contribution is 7.09. The molecule has 1 unspecified atom stereocenters. The molecule has 1 aromatic heterocycles. The number of hydrogen-bond acceptors (Lipinski definition) is 3. The SMILES string of the molecule is CCCNC(Cc1nc(C)cs1)c1c(F)cccc1Cl. The van der Waals surface area contributed by atoms with E-state index in [1.165, 1.54) is 6.07 Å². The predicted molar refractivity (Wildman–Crippen MR) is 83.0 cm³/mol. The van der Waals surface area contributed by atoms with Gasteiger partial charge in [0.1, 0.15) is 5.82 Å². The van der Waals surface area contributed by atoms with E-state index in [0.29, 0.717) is 17.0 Å². The maximum absolute atomic E-state index is 14.1. The first-order valence-electron chi connectivity index (χ1n) is 6.70. The minimum Gasteiger partial charge on any atom is -0.309 e. The molecule has 2 aromatic rings. The number of hydrogen-bond donors (Lipinski definition) is 1. The van der Waals surface area contributed by atoms with Crippen molar-refractivity contribution in [2.75, 3.05) is 6.54 Å². The third kappa shape index (κ3) is 3.78. The zero-order valence-corrected chi connectivity index (χ0v) is 13.2. The molecule has 0 aliphatic carbocycles. The number of benzene rings is 1. The van der Waals surface area contributed by atoms with Crippen LogP contribution in [0.5, 0.6) is 0 Å². The molecule has 5 heteroatoms. The molecule has 0 saturated heterocycles. The van der Waals surface area contributed by atoms with Gasteiger partial charge in [-0.1, -0.05) is 24.6 Å². The molecule has 0 spiro atoms. The van der Waals surface area contributed by atoms with Crippen LogP contribution in [-0.2, 0) is 6.42 Å². The van der Waals surface area contributed by atoms with Gasteiger partial charge in [-0.2, -0.15) is 0 Å². The molecular weight excluding hydrogens is 295 g/mol. The first-order chi connectivity index (χ1) is 9.61. The summed E-state index contributed by atoms with van der Waals surface area (Å²) >= 11 is 7.78. The molecule has 2 nitrogen and oxygen atoms in total. The third-order valence-electron chi connectivity index (χ3n) is 3.03. The summed E-state index contributed by atoms with van der Waals surface area (Å²) in [5, 5.41) is 6.84. The molecule has 0 aliphatic heterocycles. The lowest BCUT2D eigenvalue weighted by Gasteiger charge is -2.19. The zero-order valence-electron chi connectivity index (χ0n) is 11.6. The van der Waals surface area contributed by atoms with Crippen LogP contribution in [0.1, 0.15) is 35.7 Å². The zero-order chi connectivity index (χ0) is 14.5. The molecule has 0 saturated carbocycles. The molecular formula is C15H18ClFN2S. The van der Waals surface area contributed by atoms with Crippen LogP contribution in [-0.4, -0.2) is 11.5 Å². The van der Waals surface area contributed by atoms with Crippen LogP contribution in [0.2, 0.25) is 5.02 Å². The summed E-state index contributed by atoms with van der Waals surface area (Å²) in [6.07, 6.45) is 1.64. The second-order valence-corrected chi connectivity index (χ2v) is 6.08. The van der Waals surface area contributed by atoms with Gasteiger partial charge < -0.3 is 5.32 Å². The van der Waals surface area contributed by atoms with Gasteiger partial charge in [-0.3, -0.25) is 0 Å². The Labute approximate surface area is 128 Å². The smallest absolute Gasteiger partial charge is 0.129 e. The first-order valence-corrected chi connectivity index (χ1v) is 7.96.